The highest BCUT2D eigenvalue weighted by Crippen LogP contribution is 2.13. The summed E-state index contributed by atoms with van der Waals surface area (Å²) >= 11 is 0. The molecule has 1 N–H and O–H groups in total. The molecule has 0 radical (unpaired) electrons. The second-order valence-corrected chi connectivity index (χ2v) is 4.13. The minimum absolute atomic E-state index is 0.0431. The van der Waals surface area contributed by atoms with Gasteiger partial charge < -0.3 is 5.32 Å². The van der Waals surface area contributed by atoms with E-state index in [1.807, 2.05) is 0 Å². The highest BCUT2D eigenvalue weighted by molar-refractivity contribution is 5.94. The Hall–Kier alpha value is -2.30. The van der Waals surface area contributed by atoms with Gasteiger partial charge in [0.25, 0.3) is 5.91 Å². The molecule has 0 aliphatic rings. The van der Waals surface area contributed by atoms with E-state index >= 15 is 0 Å². The lowest BCUT2D eigenvalue weighted by Gasteiger charge is -2.14. The molecule has 1 amide bonds. The third-order valence-corrected chi connectivity index (χ3v) is 2.68. The number of halogens is 2. The van der Waals surface area contributed by atoms with Crippen LogP contribution in [-0.2, 0) is 0 Å². The van der Waals surface area contributed by atoms with Crippen LogP contribution in [-0.4, -0.2) is 10.9 Å². The Kier molecular flexibility index (Phi) is 3.85. The summed E-state index contributed by atoms with van der Waals surface area (Å²) in [5.41, 5.74) is 0.818. The maximum absolute atomic E-state index is 13.0. The number of carbonyl (C=O) groups excluding carboxylic acids is 1. The molecule has 98 valence electrons. The zero-order valence-corrected chi connectivity index (χ0v) is 10.2. The highest BCUT2D eigenvalue weighted by Gasteiger charge is 2.13. The van der Waals surface area contributed by atoms with Gasteiger partial charge in [-0.1, -0.05) is 0 Å². The Morgan fingerprint density at radius 1 is 1.16 bits per heavy atom. The molecule has 2 aromatic rings. The van der Waals surface area contributed by atoms with E-state index in [1.54, 1.807) is 31.5 Å². The predicted molar refractivity (Wildman–Crippen MR) is 66.5 cm³/mol. The lowest BCUT2D eigenvalue weighted by molar-refractivity contribution is 0.0939. The first-order valence-electron chi connectivity index (χ1n) is 5.73. The fraction of sp³-hybridized carbons (Fsp3) is 0.143. The summed E-state index contributed by atoms with van der Waals surface area (Å²) < 4.78 is 26.0. The van der Waals surface area contributed by atoms with Crippen LogP contribution in [0.25, 0.3) is 0 Å². The molecule has 1 heterocycles. The van der Waals surface area contributed by atoms with Gasteiger partial charge in [0.1, 0.15) is 11.6 Å². The monoisotopic (exact) mass is 262 g/mol. The number of aromatic nitrogens is 1. The van der Waals surface area contributed by atoms with Crippen molar-refractivity contribution < 1.29 is 13.6 Å². The molecule has 0 aliphatic carbocycles. The van der Waals surface area contributed by atoms with Gasteiger partial charge in [-0.2, -0.15) is 0 Å². The Bertz CT molecular complexity index is 567. The largest absolute Gasteiger partial charge is 0.346 e. The van der Waals surface area contributed by atoms with Gasteiger partial charge in [0.2, 0.25) is 0 Å². The van der Waals surface area contributed by atoms with E-state index in [0.29, 0.717) is 0 Å². The van der Waals surface area contributed by atoms with E-state index in [4.69, 9.17) is 0 Å². The minimum atomic E-state index is -0.776. The first-order valence-corrected chi connectivity index (χ1v) is 5.73. The molecule has 0 aliphatic heterocycles. The zero-order valence-electron chi connectivity index (χ0n) is 10.2. The summed E-state index contributed by atoms with van der Waals surface area (Å²) in [7, 11) is 0. The molecule has 2 rings (SSSR count). The molecule has 1 atom stereocenters. The van der Waals surface area contributed by atoms with Crippen molar-refractivity contribution in [2.24, 2.45) is 0 Å². The molecule has 0 fully saturated rings. The molecule has 0 saturated carbocycles. The van der Waals surface area contributed by atoms with Crippen LogP contribution in [0.3, 0.4) is 0 Å². The van der Waals surface area contributed by atoms with Crippen LogP contribution in [0.15, 0.2) is 42.7 Å². The summed E-state index contributed by atoms with van der Waals surface area (Å²) in [5, 5.41) is 2.67. The number of hydrogen-bond acceptors (Lipinski definition) is 2. The van der Waals surface area contributed by atoms with Gasteiger partial charge in [-0.05, 0) is 36.8 Å². The summed E-state index contributed by atoms with van der Waals surface area (Å²) in [6, 6.07) is 5.97. The highest BCUT2D eigenvalue weighted by atomic mass is 19.1. The zero-order chi connectivity index (χ0) is 13.8. The summed E-state index contributed by atoms with van der Waals surface area (Å²) in [4.78, 5) is 15.7. The molecule has 0 bridgehead atoms. The Balaban J connectivity index is 2.13. The van der Waals surface area contributed by atoms with Gasteiger partial charge in [0.05, 0.1) is 6.04 Å². The van der Waals surface area contributed by atoms with Crippen LogP contribution in [0.5, 0.6) is 0 Å². The second kappa shape index (κ2) is 5.56. The SMILES string of the molecule is C[C@H](NC(=O)c1cc(F)cc(F)c1)c1ccncc1. The maximum atomic E-state index is 13.0. The molecule has 1 aromatic carbocycles. The minimum Gasteiger partial charge on any atom is -0.346 e. The topological polar surface area (TPSA) is 42.0 Å². The summed E-state index contributed by atoms with van der Waals surface area (Å²) in [6.45, 7) is 1.78. The van der Waals surface area contributed by atoms with Crippen LogP contribution in [0.2, 0.25) is 0 Å². The lowest BCUT2D eigenvalue weighted by Crippen LogP contribution is -2.26. The molecular weight excluding hydrogens is 250 g/mol. The van der Waals surface area contributed by atoms with Crippen molar-refractivity contribution in [2.75, 3.05) is 0 Å². The lowest BCUT2D eigenvalue weighted by atomic mass is 10.1. The van der Waals surface area contributed by atoms with E-state index < -0.39 is 17.5 Å². The molecule has 0 spiro atoms. The van der Waals surface area contributed by atoms with Gasteiger partial charge in [-0.25, -0.2) is 8.78 Å². The van der Waals surface area contributed by atoms with E-state index in [0.717, 1.165) is 23.8 Å². The van der Waals surface area contributed by atoms with Crippen LogP contribution in [0.1, 0.15) is 28.9 Å². The Morgan fingerprint density at radius 2 is 1.74 bits per heavy atom. The van der Waals surface area contributed by atoms with Crippen molar-refractivity contribution in [3.63, 3.8) is 0 Å². The van der Waals surface area contributed by atoms with Crippen molar-refractivity contribution in [1.29, 1.82) is 0 Å². The van der Waals surface area contributed by atoms with Crippen LogP contribution in [0, 0.1) is 11.6 Å². The third kappa shape index (κ3) is 3.34. The average molecular weight is 262 g/mol. The maximum Gasteiger partial charge on any atom is 0.251 e. The van der Waals surface area contributed by atoms with Gasteiger partial charge in [-0.3, -0.25) is 9.78 Å². The number of rotatable bonds is 3. The Morgan fingerprint density at radius 3 is 2.32 bits per heavy atom. The molecule has 0 unspecified atom stereocenters. The van der Waals surface area contributed by atoms with Gasteiger partial charge >= 0.3 is 0 Å². The van der Waals surface area contributed by atoms with E-state index in [-0.39, 0.29) is 11.6 Å². The standard InChI is InChI=1S/C14H12F2N2O/c1-9(10-2-4-17-5-3-10)18-14(19)11-6-12(15)8-13(16)7-11/h2-9H,1H3,(H,18,19)/t9-/m0/s1. The fourth-order valence-corrected chi connectivity index (χ4v) is 1.70. The predicted octanol–water partition coefficient (Wildman–Crippen LogP) is 2.85. The Labute approximate surface area is 109 Å². The number of hydrogen-bond donors (Lipinski definition) is 1. The third-order valence-electron chi connectivity index (χ3n) is 2.68. The number of pyridine rings is 1. The van der Waals surface area contributed by atoms with Crippen LogP contribution < -0.4 is 5.32 Å². The molecular formula is C14H12F2N2O. The van der Waals surface area contributed by atoms with Crippen LogP contribution >= 0.6 is 0 Å². The quantitative estimate of drug-likeness (QED) is 0.924. The number of amides is 1. The molecule has 3 nitrogen and oxygen atoms in total. The summed E-state index contributed by atoms with van der Waals surface area (Å²) in [6.07, 6.45) is 3.22. The number of nitrogens with zero attached hydrogens (tertiary/aromatic N) is 1. The van der Waals surface area contributed by atoms with Crippen molar-refractivity contribution in [3.8, 4) is 0 Å². The molecule has 1 aromatic heterocycles. The summed E-state index contributed by atoms with van der Waals surface area (Å²) in [5.74, 6) is -2.08. The van der Waals surface area contributed by atoms with Gasteiger partial charge in [-0.15, -0.1) is 0 Å². The molecule has 0 saturated heterocycles. The second-order valence-electron chi connectivity index (χ2n) is 4.13. The first kappa shape index (κ1) is 13.1. The smallest absolute Gasteiger partial charge is 0.251 e. The van der Waals surface area contributed by atoms with Gasteiger partial charge in [0.15, 0.2) is 0 Å². The van der Waals surface area contributed by atoms with Crippen molar-refractivity contribution in [1.82, 2.24) is 10.3 Å². The fourth-order valence-electron chi connectivity index (χ4n) is 1.70. The van der Waals surface area contributed by atoms with E-state index in [2.05, 4.69) is 10.3 Å². The van der Waals surface area contributed by atoms with Crippen LogP contribution in [0.4, 0.5) is 8.78 Å². The van der Waals surface area contributed by atoms with Gasteiger partial charge in [0, 0.05) is 24.0 Å². The normalized spacial score (nSPS) is 11.9. The number of carbonyl (C=O) groups is 1. The molecule has 19 heavy (non-hydrogen) atoms. The number of benzene rings is 1. The molecule has 5 heteroatoms. The van der Waals surface area contributed by atoms with E-state index in [9.17, 15) is 13.6 Å². The van der Waals surface area contributed by atoms with Crippen molar-refractivity contribution in [3.05, 3.63) is 65.5 Å². The van der Waals surface area contributed by atoms with Crippen molar-refractivity contribution >= 4 is 5.91 Å². The van der Waals surface area contributed by atoms with E-state index in [1.165, 1.54) is 0 Å². The first-order chi connectivity index (χ1) is 9.06. The average Bonchev–Trinajstić information content (AvgIpc) is 2.38. The number of nitrogens with one attached hydrogen (secondary N) is 1. The van der Waals surface area contributed by atoms with Crippen molar-refractivity contribution in [2.45, 2.75) is 13.0 Å².